The zero-order valence-corrected chi connectivity index (χ0v) is 10.1. The van der Waals surface area contributed by atoms with Crippen LogP contribution in [-0.2, 0) is 13.0 Å². The van der Waals surface area contributed by atoms with E-state index in [2.05, 4.69) is 30.5 Å². The Kier molecular flexibility index (Phi) is 3.95. The van der Waals surface area contributed by atoms with Crippen LogP contribution in [0.1, 0.15) is 35.5 Å². The van der Waals surface area contributed by atoms with E-state index in [1.165, 1.54) is 6.33 Å². The third-order valence-electron chi connectivity index (χ3n) is 2.29. The lowest BCUT2D eigenvalue weighted by molar-refractivity contribution is 0.0940. The molecule has 0 spiro atoms. The summed E-state index contributed by atoms with van der Waals surface area (Å²) in [6.45, 7) is 2.37. The Bertz CT molecular complexity index is 509. The highest BCUT2D eigenvalue weighted by molar-refractivity contribution is 5.90. The summed E-state index contributed by atoms with van der Waals surface area (Å²) in [6.07, 6.45) is 4.80. The fraction of sp³-hybridized carbons (Fsp3) is 0.364. The first-order valence-corrected chi connectivity index (χ1v) is 5.74. The van der Waals surface area contributed by atoms with Gasteiger partial charge in [0, 0.05) is 12.6 Å². The first-order chi connectivity index (χ1) is 8.79. The molecule has 7 heteroatoms. The van der Waals surface area contributed by atoms with E-state index in [9.17, 15) is 4.79 Å². The molecule has 0 atom stereocenters. The van der Waals surface area contributed by atoms with Crippen LogP contribution in [0.4, 0.5) is 0 Å². The van der Waals surface area contributed by atoms with Crippen LogP contribution in [0.2, 0.25) is 0 Å². The molecule has 7 nitrogen and oxygen atoms in total. The van der Waals surface area contributed by atoms with Gasteiger partial charge in [-0.15, -0.1) is 5.10 Å². The van der Waals surface area contributed by atoms with Crippen molar-refractivity contribution < 1.29 is 4.79 Å². The number of rotatable bonds is 5. The summed E-state index contributed by atoms with van der Waals surface area (Å²) < 4.78 is 0. The zero-order valence-electron chi connectivity index (χ0n) is 10.1. The molecule has 0 aliphatic carbocycles. The number of nitrogens with zero attached hydrogens (tertiary/aromatic N) is 4. The Labute approximate surface area is 104 Å². The predicted molar refractivity (Wildman–Crippen MR) is 63.6 cm³/mol. The second kappa shape index (κ2) is 5.85. The van der Waals surface area contributed by atoms with Gasteiger partial charge in [0.2, 0.25) is 5.82 Å². The fourth-order valence-electron chi connectivity index (χ4n) is 1.42. The van der Waals surface area contributed by atoms with Crippen molar-refractivity contribution in [3.63, 3.8) is 0 Å². The Morgan fingerprint density at radius 1 is 1.50 bits per heavy atom. The molecule has 0 aliphatic heterocycles. The van der Waals surface area contributed by atoms with Gasteiger partial charge in [-0.3, -0.25) is 9.89 Å². The molecule has 0 saturated carbocycles. The molecule has 2 heterocycles. The van der Waals surface area contributed by atoms with Crippen LogP contribution in [0.5, 0.6) is 0 Å². The number of aromatic nitrogens is 5. The predicted octanol–water partition coefficient (Wildman–Crippen LogP) is 0.477. The number of hydrogen-bond donors (Lipinski definition) is 2. The van der Waals surface area contributed by atoms with E-state index in [-0.39, 0.29) is 11.7 Å². The first kappa shape index (κ1) is 12.2. The molecule has 94 valence electrons. The van der Waals surface area contributed by atoms with E-state index in [0.29, 0.717) is 6.54 Å². The smallest absolute Gasteiger partial charge is 0.291 e. The number of aryl methyl sites for hydroxylation is 1. The molecule has 0 saturated heterocycles. The Hall–Kier alpha value is -2.31. The molecule has 18 heavy (non-hydrogen) atoms. The van der Waals surface area contributed by atoms with E-state index in [0.717, 1.165) is 24.4 Å². The highest BCUT2D eigenvalue weighted by Crippen LogP contribution is 1.97. The molecule has 2 aromatic heterocycles. The van der Waals surface area contributed by atoms with Gasteiger partial charge in [-0.1, -0.05) is 6.92 Å². The maximum absolute atomic E-state index is 11.7. The molecule has 0 radical (unpaired) electrons. The van der Waals surface area contributed by atoms with Gasteiger partial charge in [0.25, 0.3) is 5.91 Å². The molecular formula is C11H14N6O. The van der Waals surface area contributed by atoms with Gasteiger partial charge >= 0.3 is 0 Å². The van der Waals surface area contributed by atoms with Crippen molar-refractivity contribution in [2.45, 2.75) is 26.3 Å². The van der Waals surface area contributed by atoms with Crippen molar-refractivity contribution in [3.05, 3.63) is 35.9 Å². The van der Waals surface area contributed by atoms with Gasteiger partial charge in [0.05, 0.1) is 12.2 Å². The van der Waals surface area contributed by atoms with Crippen molar-refractivity contribution in [2.75, 3.05) is 0 Å². The topological polar surface area (TPSA) is 96.5 Å². The quantitative estimate of drug-likeness (QED) is 0.799. The second-order valence-electron chi connectivity index (χ2n) is 3.74. The van der Waals surface area contributed by atoms with Gasteiger partial charge < -0.3 is 5.32 Å². The average molecular weight is 246 g/mol. The molecular weight excluding hydrogens is 232 g/mol. The standard InChI is InChI=1S/C11H14N6O/c1-2-3-9-15-10(17-16-9)11(18)13-6-8-4-5-12-7-14-8/h4-5,7H,2-3,6H2,1H3,(H,13,18)(H,15,16,17). The number of nitrogens with one attached hydrogen (secondary N) is 2. The molecule has 0 aliphatic rings. The number of aromatic amines is 1. The molecule has 2 rings (SSSR count). The molecule has 0 unspecified atom stereocenters. The largest absolute Gasteiger partial charge is 0.344 e. The van der Waals surface area contributed by atoms with E-state index in [1.54, 1.807) is 12.3 Å². The van der Waals surface area contributed by atoms with Crippen LogP contribution in [0, 0.1) is 0 Å². The lowest BCUT2D eigenvalue weighted by Gasteiger charge is -2.00. The van der Waals surface area contributed by atoms with Crippen molar-refractivity contribution in [2.24, 2.45) is 0 Å². The summed E-state index contributed by atoms with van der Waals surface area (Å²) >= 11 is 0. The Morgan fingerprint density at radius 2 is 2.39 bits per heavy atom. The lowest BCUT2D eigenvalue weighted by Crippen LogP contribution is -2.24. The Balaban J connectivity index is 1.91. The normalized spacial score (nSPS) is 10.3. The van der Waals surface area contributed by atoms with Crippen molar-refractivity contribution in [1.29, 1.82) is 0 Å². The SMILES string of the molecule is CCCc1nc(C(=O)NCc2ccncn2)n[nH]1. The summed E-state index contributed by atoms with van der Waals surface area (Å²) in [6, 6.07) is 1.74. The summed E-state index contributed by atoms with van der Waals surface area (Å²) in [5.74, 6) is 0.574. The first-order valence-electron chi connectivity index (χ1n) is 5.74. The summed E-state index contributed by atoms with van der Waals surface area (Å²) in [5.41, 5.74) is 0.739. The second-order valence-corrected chi connectivity index (χ2v) is 3.74. The van der Waals surface area contributed by atoms with Gasteiger partial charge in [-0.25, -0.2) is 15.0 Å². The van der Waals surface area contributed by atoms with Gasteiger partial charge in [-0.2, -0.15) is 0 Å². The lowest BCUT2D eigenvalue weighted by atomic mass is 10.3. The fourth-order valence-corrected chi connectivity index (χ4v) is 1.42. The summed E-state index contributed by atoms with van der Waals surface area (Å²) in [7, 11) is 0. The monoisotopic (exact) mass is 246 g/mol. The zero-order chi connectivity index (χ0) is 12.8. The van der Waals surface area contributed by atoms with Crippen molar-refractivity contribution in [1.82, 2.24) is 30.5 Å². The number of amides is 1. The minimum Gasteiger partial charge on any atom is -0.344 e. The minimum absolute atomic E-state index is 0.160. The van der Waals surface area contributed by atoms with E-state index in [1.807, 2.05) is 6.92 Å². The minimum atomic E-state index is -0.313. The van der Waals surface area contributed by atoms with Gasteiger partial charge in [-0.05, 0) is 12.5 Å². The number of hydrogen-bond acceptors (Lipinski definition) is 5. The Morgan fingerprint density at radius 3 is 3.11 bits per heavy atom. The van der Waals surface area contributed by atoms with Gasteiger partial charge in [0.1, 0.15) is 12.2 Å². The van der Waals surface area contributed by atoms with Crippen LogP contribution in [-0.4, -0.2) is 31.1 Å². The van der Waals surface area contributed by atoms with E-state index in [4.69, 9.17) is 0 Å². The van der Waals surface area contributed by atoms with Gasteiger partial charge in [0.15, 0.2) is 0 Å². The third-order valence-corrected chi connectivity index (χ3v) is 2.29. The highest BCUT2D eigenvalue weighted by atomic mass is 16.2. The maximum atomic E-state index is 11.7. The van der Waals surface area contributed by atoms with Crippen LogP contribution in [0.15, 0.2) is 18.6 Å². The van der Waals surface area contributed by atoms with Crippen molar-refractivity contribution in [3.8, 4) is 0 Å². The van der Waals surface area contributed by atoms with Crippen LogP contribution in [0.3, 0.4) is 0 Å². The molecule has 0 aromatic carbocycles. The number of carbonyl (C=O) groups is 1. The third kappa shape index (κ3) is 3.09. The average Bonchev–Trinajstić information content (AvgIpc) is 2.86. The van der Waals surface area contributed by atoms with E-state index < -0.39 is 0 Å². The number of carbonyl (C=O) groups excluding carboxylic acids is 1. The van der Waals surface area contributed by atoms with Crippen LogP contribution in [0.25, 0.3) is 0 Å². The summed E-state index contributed by atoms with van der Waals surface area (Å²) in [5, 5.41) is 9.30. The molecule has 1 amide bonds. The number of H-pyrrole nitrogens is 1. The van der Waals surface area contributed by atoms with Crippen LogP contribution >= 0.6 is 0 Å². The molecule has 0 bridgehead atoms. The summed E-state index contributed by atoms with van der Waals surface area (Å²) in [4.78, 5) is 23.6. The molecule has 2 aromatic rings. The van der Waals surface area contributed by atoms with Crippen LogP contribution < -0.4 is 5.32 Å². The molecule has 2 N–H and O–H groups in total. The van der Waals surface area contributed by atoms with E-state index >= 15 is 0 Å². The van der Waals surface area contributed by atoms with Crippen molar-refractivity contribution >= 4 is 5.91 Å². The maximum Gasteiger partial charge on any atom is 0.291 e. The highest BCUT2D eigenvalue weighted by Gasteiger charge is 2.11. The molecule has 0 fully saturated rings.